The van der Waals surface area contributed by atoms with Gasteiger partial charge in [-0.1, -0.05) is 0 Å². The summed E-state index contributed by atoms with van der Waals surface area (Å²) in [7, 11) is 0. The van der Waals surface area contributed by atoms with Crippen molar-refractivity contribution in [1.82, 2.24) is 5.32 Å². The van der Waals surface area contributed by atoms with E-state index >= 15 is 0 Å². The van der Waals surface area contributed by atoms with Gasteiger partial charge in [0.15, 0.2) is 0 Å². The van der Waals surface area contributed by atoms with E-state index in [0.29, 0.717) is 6.42 Å². The summed E-state index contributed by atoms with van der Waals surface area (Å²) < 4.78 is 0. The average molecular weight is 157 g/mol. The van der Waals surface area contributed by atoms with Gasteiger partial charge in [0.25, 0.3) is 0 Å². The Labute approximate surface area is 66.8 Å². The molecule has 3 heteroatoms. The van der Waals surface area contributed by atoms with E-state index in [-0.39, 0.29) is 24.0 Å². The van der Waals surface area contributed by atoms with Crippen LogP contribution in [0.1, 0.15) is 26.7 Å². The van der Waals surface area contributed by atoms with E-state index < -0.39 is 0 Å². The van der Waals surface area contributed by atoms with Gasteiger partial charge in [0.05, 0.1) is 0 Å². The summed E-state index contributed by atoms with van der Waals surface area (Å²) in [6.45, 7) is 4.11. The average Bonchev–Trinajstić information content (AvgIpc) is 2.07. The summed E-state index contributed by atoms with van der Waals surface area (Å²) in [5.74, 6) is 0.110. The quantitative estimate of drug-likeness (QED) is 0.605. The lowest BCUT2D eigenvalue weighted by molar-refractivity contribution is -0.123. The van der Waals surface area contributed by atoms with Crippen LogP contribution in [0.15, 0.2) is 0 Å². The number of aliphatic hydroxyl groups excluding tert-OH is 1. The Hall–Kier alpha value is -0.570. The first-order valence-electron chi connectivity index (χ1n) is 3.98. The van der Waals surface area contributed by atoms with E-state index in [9.17, 15) is 4.79 Å². The van der Waals surface area contributed by atoms with E-state index in [2.05, 4.69) is 5.32 Å². The second kappa shape index (κ2) is 2.81. The number of hydrogen-bond donors (Lipinski definition) is 2. The fourth-order valence-corrected chi connectivity index (χ4v) is 1.58. The molecule has 0 aromatic rings. The molecule has 1 fully saturated rings. The van der Waals surface area contributed by atoms with Crippen molar-refractivity contribution < 1.29 is 9.90 Å². The van der Waals surface area contributed by atoms with Gasteiger partial charge in [-0.05, 0) is 26.7 Å². The van der Waals surface area contributed by atoms with Crippen LogP contribution < -0.4 is 5.32 Å². The highest BCUT2D eigenvalue weighted by Gasteiger charge is 2.36. The number of nitrogens with one attached hydrogen (secondary N) is 1. The van der Waals surface area contributed by atoms with Crippen LogP contribution in [0, 0.1) is 5.92 Å². The smallest absolute Gasteiger partial charge is 0.223 e. The monoisotopic (exact) mass is 157 g/mol. The van der Waals surface area contributed by atoms with Gasteiger partial charge in [-0.2, -0.15) is 0 Å². The molecule has 0 aliphatic carbocycles. The normalized spacial score (nSPS) is 28.6. The fourth-order valence-electron chi connectivity index (χ4n) is 1.58. The minimum atomic E-state index is -0.0725. The molecular formula is C8H15NO2. The first kappa shape index (κ1) is 8.53. The van der Waals surface area contributed by atoms with Crippen LogP contribution in [0.4, 0.5) is 0 Å². The molecule has 0 radical (unpaired) electrons. The highest BCUT2D eigenvalue weighted by Crippen LogP contribution is 2.26. The fraction of sp³-hybridized carbons (Fsp3) is 0.875. The molecule has 1 atom stereocenters. The third-order valence-corrected chi connectivity index (χ3v) is 2.07. The Bertz CT molecular complexity index is 165. The molecule has 0 spiro atoms. The van der Waals surface area contributed by atoms with Crippen LogP contribution in [0.25, 0.3) is 0 Å². The highest BCUT2D eigenvalue weighted by molar-refractivity contribution is 5.81. The molecule has 0 saturated carbocycles. The Morgan fingerprint density at radius 1 is 1.73 bits per heavy atom. The summed E-state index contributed by atoms with van der Waals surface area (Å²) in [4.78, 5) is 11.2. The third-order valence-electron chi connectivity index (χ3n) is 2.07. The molecule has 11 heavy (non-hydrogen) atoms. The van der Waals surface area contributed by atoms with Gasteiger partial charge in [-0.25, -0.2) is 0 Å². The lowest BCUT2D eigenvalue weighted by Crippen LogP contribution is -2.34. The predicted molar refractivity (Wildman–Crippen MR) is 42.0 cm³/mol. The molecule has 0 aromatic heterocycles. The van der Waals surface area contributed by atoms with Crippen LogP contribution in [0.3, 0.4) is 0 Å². The molecule has 1 heterocycles. The summed E-state index contributed by atoms with van der Waals surface area (Å²) in [5, 5.41) is 11.5. The Kier molecular flexibility index (Phi) is 2.18. The lowest BCUT2D eigenvalue weighted by atomic mass is 9.95. The lowest BCUT2D eigenvalue weighted by Gasteiger charge is -2.16. The van der Waals surface area contributed by atoms with Crippen LogP contribution in [0.2, 0.25) is 0 Å². The molecule has 0 aromatic carbocycles. The summed E-state index contributed by atoms with van der Waals surface area (Å²) in [5.41, 5.74) is -0.0725. The van der Waals surface area contributed by atoms with Gasteiger partial charge in [-0.3, -0.25) is 4.79 Å². The third kappa shape index (κ3) is 1.93. The number of carbonyl (C=O) groups is 1. The molecule has 1 unspecified atom stereocenters. The predicted octanol–water partition coefficient (Wildman–Crippen LogP) is 0.283. The summed E-state index contributed by atoms with van der Waals surface area (Å²) in [6, 6.07) is 0. The van der Waals surface area contributed by atoms with Crippen molar-refractivity contribution in [2.24, 2.45) is 5.92 Å². The molecular weight excluding hydrogens is 142 g/mol. The van der Waals surface area contributed by atoms with Crippen molar-refractivity contribution >= 4 is 5.91 Å². The summed E-state index contributed by atoms with van der Waals surface area (Å²) >= 11 is 0. The Morgan fingerprint density at radius 3 is 2.73 bits per heavy atom. The maximum absolute atomic E-state index is 11.2. The van der Waals surface area contributed by atoms with Gasteiger partial charge in [0.2, 0.25) is 5.91 Å². The van der Waals surface area contributed by atoms with Gasteiger partial charge >= 0.3 is 0 Å². The van der Waals surface area contributed by atoms with Crippen LogP contribution >= 0.6 is 0 Å². The molecule has 64 valence electrons. The highest BCUT2D eigenvalue weighted by atomic mass is 16.3. The zero-order chi connectivity index (χ0) is 8.48. The van der Waals surface area contributed by atoms with Gasteiger partial charge in [-0.15, -0.1) is 0 Å². The van der Waals surface area contributed by atoms with Crippen molar-refractivity contribution in [3.8, 4) is 0 Å². The van der Waals surface area contributed by atoms with E-state index in [1.54, 1.807) is 0 Å². The second-order valence-electron chi connectivity index (χ2n) is 3.79. The zero-order valence-electron chi connectivity index (χ0n) is 7.05. The molecule has 1 aliphatic rings. The van der Waals surface area contributed by atoms with E-state index in [4.69, 9.17) is 5.11 Å². The number of hydrogen-bond acceptors (Lipinski definition) is 2. The van der Waals surface area contributed by atoms with Crippen LogP contribution in [0.5, 0.6) is 0 Å². The maximum Gasteiger partial charge on any atom is 0.223 e. The standard InChI is InChI=1S/C8H15NO2/c1-8(2)5-6(3-4-10)7(11)9-8/h6,10H,3-5H2,1-2H3,(H,9,11). The minimum Gasteiger partial charge on any atom is -0.396 e. The number of amides is 1. The zero-order valence-corrected chi connectivity index (χ0v) is 7.05. The number of carbonyl (C=O) groups excluding carboxylic acids is 1. The molecule has 1 aliphatic heterocycles. The first-order chi connectivity index (χ1) is 5.05. The second-order valence-corrected chi connectivity index (χ2v) is 3.79. The molecule has 3 nitrogen and oxygen atoms in total. The molecule has 1 rings (SSSR count). The number of rotatable bonds is 2. The Morgan fingerprint density at radius 2 is 2.36 bits per heavy atom. The van der Waals surface area contributed by atoms with Crippen molar-refractivity contribution in [3.05, 3.63) is 0 Å². The van der Waals surface area contributed by atoms with Crippen molar-refractivity contribution in [2.45, 2.75) is 32.2 Å². The largest absolute Gasteiger partial charge is 0.396 e. The van der Waals surface area contributed by atoms with Crippen LogP contribution in [-0.2, 0) is 4.79 Å². The molecule has 1 amide bonds. The van der Waals surface area contributed by atoms with Crippen molar-refractivity contribution in [2.75, 3.05) is 6.61 Å². The topological polar surface area (TPSA) is 49.3 Å². The van der Waals surface area contributed by atoms with Gasteiger partial charge < -0.3 is 10.4 Å². The van der Waals surface area contributed by atoms with E-state index in [1.165, 1.54) is 0 Å². The van der Waals surface area contributed by atoms with E-state index in [1.807, 2.05) is 13.8 Å². The molecule has 2 N–H and O–H groups in total. The van der Waals surface area contributed by atoms with Gasteiger partial charge in [0, 0.05) is 18.1 Å². The van der Waals surface area contributed by atoms with Gasteiger partial charge in [0.1, 0.15) is 0 Å². The van der Waals surface area contributed by atoms with E-state index in [0.717, 1.165) is 6.42 Å². The summed E-state index contributed by atoms with van der Waals surface area (Å²) in [6.07, 6.45) is 1.43. The SMILES string of the molecule is CC1(C)CC(CCO)C(=O)N1. The van der Waals surface area contributed by atoms with Crippen molar-refractivity contribution in [3.63, 3.8) is 0 Å². The van der Waals surface area contributed by atoms with Crippen molar-refractivity contribution in [1.29, 1.82) is 0 Å². The molecule has 1 saturated heterocycles. The minimum absolute atomic E-state index is 0.0231. The first-order valence-corrected chi connectivity index (χ1v) is 3.98. The number of aliphatic hydroxyl groups is 1. The Balaban J connectivity index is 2.52. The van der Waals surface area contributed by atoms with Crippen LogP contribution in [-0.4, -0.2) is 23.2 Å². The maximum atomic E-state index is 11.2. The molecule has 0 bridgehead atoms.